The highest BCUT2D eigenvalue weighted by atomic mass is 16.2. The van der Waals surface area contributed by atoms with Gasteiger partial charge in [-0.3, -0.25) is 4.79 Å². The molecule has 3 N–H and O–H groups in total. The minimum absolute atomic E-state index is 0.0582. The number of aryl methyl sites for hydroxylation is 1. The maximum absolute atomic E-state index is 12.6. The Morgan fingerprint density at radius 2 is 1.41 bits per heavy atom. The fourth-order valence-electron chi connectivity index (χ4n) is 3.51. The number of hydrogen-bond donors (Lipinski definition) is 3. The molecule has 0 saturated carbocycles. The first kappa shape index (κ1) is 23.1. The Hall–Kier alpha value is -3.60. The van der Waals surface area contributed by atoms with Crippen LogP contribution in [-0.4, -0.2) is 18.5 Å². The number of urea groups is 1. The first-order valence-electron chi connectivity index (χ1n) is 11.0. The second kappa shape index (κ2) is 11.1. The Labute approximate surface area is 190 Å². The predicted molar refractivity (Wildman–Crippen MR) is 131 cm³/mol. The number of nitrogens with one attached hydrogen (secondary N) is 3. The Balaban J connectivity index is 1.61. The van der Waals surface area contributed by atoms with Crippen LogP contribution in [0.2, 0.25) is 0 Å². The second-order valence-electron chi connectivity index (χ2n) is 8.22. The standard InChI is InChI=1S/C27H31N3O2/c1-19(2)26(31)29-23-15-14-20(3)25(18-23)30-27(32)28-17-16-24(21-10-6-4-7-11-21)22-12-8-5-9-13-22/h4-15,18-19,24H,16-17H2,1-3H3,(H,29,31)(H2,28,30,32). The molecular weight excluding hydrogens is 398 g/mol. The van der Waals surface area contributed by atoms with Crippen molar-refractivity contribution >= 4 is 23.3 Å². The fourth-order valence-corrected chi connectivity index (χ4v) is 3.51. The molecule has 0 aliphatic heterocycles. The van der Waals surface area contributed by atoms with Crippen molar-refractivity contribution in [1.29, 1.82) is 0 Å². The normalized spacial score (nSPS) is 10.8. The van der Waals surface area contributed by atoms with Gasteiger partial charge in [0.25, 0.3) is 0 Å². The molecule has 0 saturated heterocycles. The van der Waals surface area contributed by atoms with Gasteiger partial charge in [-0.1, -0.05) is 80.6 Å². The van der Waals surface area contributed by atoms with Gasteiger partial charge in [0, 0.05) is 29.8 Å². The number of rotatable bonds is 8. The van der Waals surface area contributed by atoms with Gasteiger partial charge in [0.1, 0.15) is 0 Å². The third kappa shape index (κ3) is 6.45. The number of carbonyl (C=O) groups is 2. The minimum atomic E-state index is -0.264. The van der Waals surface area contributed by atoms with Crippen LogP contribution < -0.4 is 16.0 Å². The van der Waals surface area contributed by atoms with Gasteiger partial charge in [-0.2, -0.15) is 0 Å². The first-order chi connectivity index (χ1) is 15.4. The van der Waals surface area contributed by atoms with Crippen molar-refractivity contribution in [3.63, 3.8) is 0 Å². The first-order valence-corrected chi connectivity index (χ1v) is 11.0. The SMILES string of the molecule is Cc1ccc(NC(=O)C(C)C)cc1NC(=O)NCCC(c1ccccc1)c1ccccc1. The molecule has 166 valence electrons. The summed E-state index contributed by atoms with van der Waals surface area (Å²) < 4.78 is 0. The molecule has 5 nitrogen and oxygen atoms in total. The quantitative estimate of drug-likeness (QED) is 0.415. The molecule has 0 bridgehead atoms. The van der Waals surface area contributed by atoms with E-state index in [9.17, 15) is 9.59 Å². The summed E-state index contributed by atoms with van der Waals surface area (Å²) in [4.78, 5) is 24.5. The van der Waals surface area contributed by atoms with Gasteiger partial charge >= 0.3 is 6.03 Å². The van der Waals surface area contributed by atoms with Gasteiger partial charge in [-0.15, -0.1) is 0 Å². The molecule has 3 aromatic carbocycles. The maximum atomic E-state index is 12.6. The van der Waals surface area contributed by atoms with Crippen LogP contribution in [-0.2, 0) is 4.79 Å². The van der Waals surface area contributed by atoms with Gasteiger partial charge in [-0.25, -0.2) is 4.79 Å². The number of amides is 3. The molecule has 0 aromatic heterocycles. The summed E-state index contributed by atoms with van der Waals surface area (Å²) in [5, 5.41) is 8.74. The highest BCUT2D eigenvalue weighted by Crippen LogP contribution is 2.27. The lowest BCUT2D eigenvalue weighted by Gasteiger charge is -2.19. The molecular formula is C27H31N3O2. The molecule has 0 radical (unpaired) electrons. The van der Waals surface area contributed by atoms with Crippen LogP contribution in [0.1, 0.15) is 42.9 Å². The van der Waals surface area contributed by atoms with Crippen LogP contribution in [0, 0.1) is 12.8 Å². The van der Waals surface area contributed by atoms with E-state index < -0.39 is 0 Å². The summed E-state index contributed by atoms with van der Waals surface area (Å²) in [6, 6.07) is 25.9. The lowest BCUT2D eigenvalue weighted by molar-refractivity contribution is -0.118. The Morgan fingerprint density at radius 1 is 0.812 bits per heavy atom. The summed E-state index contributed by atoms with van der Waals surface area (Å²) in [6.45, 7) is 6.14. The van der Waals surface area contributed by atoms with E-state index >= 15 is 0 Å². The molecule has 0 atom stereocenters. The van der Waals surface area contributed by atoms with E-state index in [1.165, 1.54) is 11.1 Å². The predicted octanol–water partition coefficient (Wildman–Crippen LogP) is 5.93. The average molecular weight is 430 g/mol. The highest BCUT2D eigenvalue weighted by molar-refractivity contribution is 5.94. The molecule has 0 fully saturated rings. The van der Waals surface area contributed by atoms with Crippen molar-refractivity contribution in [1.82, 2.24) is 5.32 Å². The summed E-state index contributed by atoms with van der Waals surface area (Å²) in [6.07, 6.45) is 0.783. The molecule has 0 unspecified atom stereocenters. The van der Waals surface area contributed by atoms with Crippen molar-refractivity contribution in [2.24, 2.45) is 5.92 Å². The molecule has 0 heterocycles. The van der Waals surface area contributed by atoms with Gasteiger partial charge in [0.2, 0.25) is 5.91 Å². The van der Waals surface area contributed by atoms with Gasteiger partial charge < -0.3 is 16.0 Å². The maximum Gasteiger partial charge on any atom is 0.319 e. The van der Waals surface area contributed by atoms with Crippen LogP contribution in [0.15, 0.2) is 78.9 Å². The summed E-state index contributed by atoms with van der Waals surface area (Å²) in [5.74, 6) is 0.0318. The van der Waals surface area contributed by atoms with Crippen molar-refractivity contribution in [3.8, 4) is 0 Å². The molecule has 3 aromatic rings. The topological polar surface area (TPSA) is 70.2 Å². The third-order valence-corrected chi connectivity index (χ3v) is 5.40. The van der Waals surface area contributed by atoms with Crippen LogP contribution >= 0.6 is 0 Å². The molecule has 0 aliphatic rings. The van der Waals surface area contributed by atoms with E-state index in [0.29, 0.717) is 17.9 Å². The molecule has 32 heavy (non-hydrogen) atoms. The smallest absolute Gasteiger partial charge is 0.319 e. The van der Waals surface area contributed by atoms with E-state index in [-0.39, 0.29) is 23.8 Å². The van der Waals surface area contributed by atoms with E-state index in [0.717, 1.165) is 12.0 Å². The zero-order chi connectivity index (χ0) is 22.9. The second-order valence-corrected chi connectivity index (χ2v) is 8.22. The lowest BCUT2D eigenvalue weighted by atomic mass is 9.88. The Bertz CT molecular complexity index is 994. The molecule has 5 heteroatoms. The summed E-state index contributed by atoms with van der Waals surface area (Å²) in [7, 11) is 0. The molecule has 3 amide bonds. The van der Waals surface area contributed by atoms with Gasteiger partial charge in [0.05, 0.1) is 0 Å². The number of hydrogen-bond acceptors (Lipinski definition) is 2. The zero-order valence-corrected chi connectivity index (χ0v) is 18.9. The molecule has 3 rings (SSSR count). The van der Waals surface area contributed by atoms with Crippen molar-refractivity contribution in [2.75, 3.05) is 17.2 Å². The average Bonchev–Trinajstić information content (AvgIpc) is 2.80. The van der Waals surface area contributed by atoms with Crippen molar-refractivity contribution in [2.45, 2.75) is 33.1 Å². The van der Waals surface area contributed by atoms with E-state index in [1.54, 1.807) is 6.07 Å². The number of anilines is 2. The van der Waals surface area contributed by atoms with E-state index in [2.05, 4.69) is 40.2 Å². The lowest BCUT2D eigenvalue weighted by Crippen LogP contribution is -2.30. The fraction of sp³-hybridized carbons (Fsp3) is 0.259. The highest BCUT2D eigenvalue weighted by Gasteiger charge is 2.15. The van der Waals surface area contributed by atoms with Crippen LogP contribution in [0.5, 0.6) is 0 Å². The summed E-state index contributed by atoms with van der Waals surface area (Å²) in [5.41, 5.74) is 4.72. The minimum Gasteiger partial charge on any atom is -0.338 e. The van der Waals surface area contributed by atoms with Gasteiger partial charge in [0.15, 0.2) is 0 Å². The number of carbonyl (C=O) groups excluding carboxylic acids is 2. The van der Waals surface area contributed by atoms with Crippen molar-refractivity contribution in [3.05, 3.63) is 95.6 Å². The molecule has 0 spiro atoms. The third-order valence-electron chi connectivity index (χ3n) is 5.40. The van der Waals surface area contributed by atoms with Crippen LogP contribution in [0.4, 0.5) is 16.2 Å². The largest absolute Gasteiger partial charge is 0.338 e. The van der Waals surface area contributed by atoms with E-state index in [1.807, 2.05) is 69.3 Å². The monoisotopic (exact) mass is 429 g/mol. The van der Waals surface area contributed by atoms with Crippen molar-refractivity contribution < 1.29 is 9.59 Å². The van der Waals surface area contributed by atoms with Crippen LogP contribution in [0.25, 0.3) is 0 Å². The number of benzene rings is 3. The summed E-state index contributed by atoms with van der Waals surface area (Å²) >= 11 is 0. The zero-order valence-electron chi connectivity index (χ0n) is 18.9. The Morgan fingerprint density at radius 3 is 1.97 bits per heavy atom. The Kier molecular flexibility index (Phi) is 8.03. The van der Waals surface area contributed by atoms with E-state index in [4.69, 9.17) is 0 Å². The van der Waals surface area contributed by atoms with Crippen LogP contribution in [0.3, 0.4) is 0 Å². The van der Waals surface area contributed by atoms with Gasteiger partial charge in [-0.05, 0) is 42.2 Å². The molecule has 0 aliphatic carbocycles.